The second-order valence-corrected chi connectivity index (χ2v) is 5.30. The SMILES string of the molecule is CCNCCCCCS(C)(=O)=O. The Morgan fingerprint density at radius 1 is 1.17 bits per heavy atom. The van der Waals surface area contributed by atoms with Crippen LogP contribution in [-0.4, -0.2) is 33.5 Å². The number of hydrogen-bond acceptors (Lipinski definition) is 3. The van der Waals surface area contributed by atoms with Gasteiger partial charge in [-0.25, -0.2) is 8.42 Å². The third-order valence-corrected chi connectivity index (χ3v) is 2.65. The lowest BCUT2D eigenvalue weighted by atomic mass is 10.2. The first-order valence-electron chi connectivity index (χ1n) is 4.44. The normalized spacial score (nSPS) is 11.8. The maximum atomic E-state index is 10.7. The molecule has 0 amide bonds. The van der Waals surface area contributed by atoms with Gasteiger partial charge in [0, 0.05) is 12.0 Å². The molecule has 0 atom stereocenters. The van der Waals surface area contributed by atoms with E-state index in [1.807, 2.05) is 0 Å². The van der Waals surface area contributed by atoms with Crippen molar-refractivity contribution in [2.75, 3.05) is 25.1 Å². The van der Waals surface area contributed by atoms with E-state index >= 15 is 0 Å². The predicted molar refractivity (Wildman–Crippen MR) is 52.1 cm³/mol. The van der Waals surface area contributed by atoms with Crippen LogP contribution in [0.1, 0.15) is 26.2 Å². The van der Waals surface area contributed by atoms with Crippen molar-refractivity contribution in [2.45, 2.75) is 26.2 Å². The van der Waals surface area contributed by atoms with Crippen LogP contribution < -0.4 is 5.32 Å². The quantitative estimate of drug-likeness (QED) is 0.609. The van der Waals surface area contributed by atoms with Crippen molar-refractivity contribution in [1.29, 1.82) is 0 Å². The molecule has 0 aliphatic carbocycles. The summed E-state index contributed by atoms with van der Waals surface area (Å²) in [6.45, 7) is 4.06. The molecule has 0 radical (unpaired) electrons. The maximum Gasteiger partial charge on any atom is 0.147 e. The van der Waals surface area contributed by atoms with Gasteiger partial charge in [-0.1, -0.05) is 13.3 Å². The number of unbranched alkanes of at least 4 members (excludes halogenated alkanes) is 2. The average molecular weight is 193 g/mol. The van der Waals surface area contributed by atoms with Crippen LogP contribution in [0, 0.1) is 0 Å². The van der Waals surface area contributed by atoms with Crippen LogP contribution in [0.3, 0.4) is 0 Å². The van der Waals surface area contributed by atoms with Gasteiger partial charge in [-0.3, -0.25) is 0 Å². The Labute approximate surface area is 75.5 Å². The van der Waals surface area contributed by atoms with Crippen molar-refractivity contribution in [3.8, 4) is 0 Å². The summed E-state index contributed by atoms with van der Waals surface area (Å²) >= 11 is 0. The molecular formula is C8H19NO2S. The molecule has 0 fully saturated rings. The van der Waals surface area contributed by atoms with Gasteiger partial charge in [0.25, 0.3) is 0 Å². The summed E-state index contributed by atoms with van der Waals surface area (Å²) < 4.78 is 21.4. The third kappa shape index (κ3) is 9.91. The zero-order valence-corrected chi connectivity index (χ0v) is 8.78. The molecule has 74 valence electrons. The van der Waals surface area contributed by atoms with Crippen molar-refractivity contribution in [3.05, 3.63) is 0 Å². The first kappa shape index (κ1) is 11.9. The molecular weight excluding hydrogens is 174 g/mol. The molecule has 4 heteroatoms. The van der Waals surface area contributed by atoms with E-state index in [0.717, 1.165) is 32.4 Å². The maximum absolute atomic E-state index is 10.7. The van der Waals surface area contributed by atoms with E-state index in [2.05, 4.69) is 12.2 Å². The number of sulfone groups is 1. The van der Waals surface area contributed by atoms with Gasteiger partial charge in [0.2, 0.25) is 0 Å². The molecule has 0 unspecified atom stereocenters. The molecule has 0 spiro atoms. The molecule has 0 bridgehead atoms. The Morgan fingerprint density at radius 2 is 1.83 bits per heavy atom. The van der Waals surface area contributed by atoms with E-state index in [9.17, 15) is 8.42 Å². The lowest BCUT2D eigenvalue weighted by molar-refractivity contribution is 0.590. The van der Waals surface area contributed by atoms with Crippen LogP contribution in [0.25, 0.3) is 0 Å². The van der Waals surface area contributed by atoms with E-state index in [0.29, 0.717) is 5.75 Å². The molecule has 0 heterocycles. The van der Waals surface area contributed by atoms with Crippen molar-refractivity contribution < 1.29 is 8.42 Å². The lowest BCUT2D eigenvalue weighted by Gasteiger charge is -2.00. The summed E-state index contributed by atoms with van der Waals surface area (Å²) in [5, 5.41) is 3.20. The minimum atomic E-state index is -2.74. The fourth-order valence-corrected chi connectivity index (χ4v) is 1.70. The highest BCUT2D eigenvalue weighted by Crippen LogP contribution is 1.97. The predicted octanol–water partition coefficient (Wildman–Crippen LogP) is 0.811. The molecule has 0 aromatic carbocycles. The molecule has 0 aliphatic rings. The van der Waals surface area contributed by atoms with Crippen molar-refractivity contribution in [2.24, 2.45) is 0 Å². The minimum absolute atomic E-state index is 0.332. The highest BCUT2D eigenvalue weighted by atomic mass is 32.2. The van der Waals surface area contributed by atoms with Crippen LogP contribution in [-0.2, 0) is 9.84 Å². The second kappa shape index (κ2) is 6.43. The summed E-state index contributed by atoms with van der Waals surface area (Å²) in [5.41, 5.74) is 0. The van der Waals surface area contributed by atoms with Gasteiger partial charge in [0.1, 0.15) is 9.84 Å². The Kier molecular flexibility index (Phi) is 6.38. The van der Waals surface area contributed by atoms with Gasteiger partial charge in [-0.2, -0.15) is 0 Å². The molecule has 12 heavy (non-hydrogen) atoms. The van der Waals surface area contributed by atoms with E-state index in [-0.39, 0.29) is 0 Å². The molecule has 0 aliphatic heterocycles. The van der Waals surface area contributed by atoms with Crippen LogP contribution in [0.5, 0.6) is 0 Å². The van der Waals surface area contributed by atoms with E-state index in [1.165, 1.54) is 6.26 Å². The molecule has 1 N–H and O–H groups in total. The van der Waals surface area contributed by atoms with Crippen LogP contribution in [0.4, 0.5) is 0 Å². The van der Waals surface area contributed by atoms with Gasteiger partial charge in [0.05, 0.1) is 0 Å². The van der Waals surface area contributed by atoms with Crippen molar-refractivity contribution in [1.82, 2.24) is 5.32 Å². The van der Waals surface area contributed by atoms with E-state index < -0.39 is 9.84 Å². The molecule has 0 rings (SSSR count). The topological polar surface area (TPSA) is 46.2 Å². The number of nitrogens with one attached hydrogen (secondary N) is 1. The summed E-state index contributed by atoms with van der Waals surface area (Å²) in [4.78, 5) is 0. The summed E-state index contributed by atoms with van der Waals surface area (Å²) in [7, 11) is -2.74. The van der Waals surface area contributed by atoms with E-state index in [1.54, 1.807) is 0 Å². The molecule has 0 aromatic heterocycles. The van der Waals surface area contributed by atoms with E-state index in [4.69, 9.17) is 0 Å². The molecule has 0 saturated heterocycles. The summed E-state index contributed by atoms with van der Waals surface area (Å²) in [6.07, 6.45) is 4.16. The fourth-order valence-electron chi connectivity index (χ4n) is 0.968. The fraction of sp³-hybridized carbons (Fsp3) is 1.00. The second-order valence-electron chi connectivity index (χ2n) is 3.04. The smallest absolute Gasteiger partial charge is 0.147 e. The number of rotatable bonds is 7. The van der Waals surface area contributed by atoms with Crippen molar-refractivity contribution in [3.63, 3.8) is 0 Å². The Bertz CT molecular complexity index is 187. The number of hydrogen-bond donors (Lipinski definition) is 1. The van der Waals surface area contributed by atoms with Crippen LogP contribution in [0.2, 0.25) is 0 Å². The van der Waals surface area contributed by atoms with Gasteiger partial charge < -0.3 is 5.32 Å². The average Bonchev–Trinajstić information content (AvgIpc) is 1.94. The van der Waals surface area contributed by atoms with Gasteiger partial charge >= 0.3 is 0 Å². The highest BCUT2D eigenvalue weighted by molar-refractivity contribution is 7.90. The molecule has 0 saturated carbocycles. The Hall–Kier alpha value is -0.0900. The van der Waals surface area contributed by atoms with Crippen molar-refractivity contribution >= 4 is 9.84 Å². The largest absolute Gasteiger partial charge is 0.317 e. The standard InChI is InChI=1S/C8H19NO2S/c1-3-9-7-5-4-6-8-12(2,10)11/h9H,3-8H2,1-2H3. The first-order chi connectivity index (χ1) is 5.56. The first-order valence-corrected chi connectivity index (χ1v) is 6.50. The van der Waals surface area contributed by atoms with Gasteiger partial charge in [-0.05, 0) is 25.9 Å². The highest BCUT2D eigenvalue weighted by Gasteiger charge is 2.00. The van der Waals surface area contributed by atoms with Crippen LogP contribution >= 0.6 is 0 Å². The molecule has 3 nitrogen and oxygen atoms in total. The minimum Gasteiger partial charge on any atom is -0.317 e. The van der Waals surface area contributed by atoms with Gasteiger partial charge in [0.15, 0.2) is 0 Å². The monoisotopic (exact) mass is 193 g/mol. The van der Waals surface area contributed by atoms with Crippen LogP contribution in [0.15, 0.2) is 0 Å². The summed E-state index contributed by atoms with van der Waals surface area (Å²) in [6, 6.07) is 0. The summed E-state index contributed by atoms with van der Waals surface area (Å²) in [5.74, 6) is 0.332. The molecule has 0 aromatic rings. The van der Waals surface area contributed by atoms with Gasteiger partial charge in [-0.15, -0.1) is 0 Å². The third-order valence-electron chi connectivity index (χ3n) is 1.62. The zero-order chi connectivity index (χ0) is 9.45. The zero-order valence-electron chi connectivity index (χ0n) is 7.97. The Balaban J connectivity index is 3.12. The Morgan fingerprint density at radius 3 is 2.33 bits per heavy atom. The lowest BCUT2D eigenvalue weighted by Crippen LogP contribution is -2.14.